The maximum Gasteiger partial charge on any atom is 0.296 e. The van der Waals surface area contributed by atoms with Crippen LogP contribution in [0.3, 0.4) is 0 Å². The first-order valence-corrected chi connectivity index (χ1v) is 11.1. The lowest BCUT2D eigenvalue weighted by atomic mass is 10.1. The minimum Gasteiger partial charge on any atom is -0.506 e. The van der Waals surface area contributed by atoms with Crippen molar-refractivity contribution in [3.05, 3.63) is 76.6 Å². The highest BCUT2D eigenvalue weighted by molar-refractivity contribution is 5.84. The molecule has 3 N–H and O–H groups in total. The lowest BCUT2D eigenvalue weighted by Gasteiger charge is -2.18. The fourth-order valence-electron chi connectivity index (χ4n) is 3.69. The number of unbranched alkanes of at least 4 members (excludes halogenated alkanes) is 3. The summed E-state index contributed by atoms with van der Waals surface area (Å²) in [6, 6.07) is 15.5. The number of aromatic nitrogens is 1. The van der Waals surface area contributed by atoms with E-state index in [-0.39, 0.29) is 24.5 Å². The van der Waals surface area contributed by atoms with Crippen LogP contribution in [0, 0.1) is 0 Å². The van der Waals surface area contributed by atoms with E-state index >= 15 is 0 Å². The number of nitrogens with one attached hydrogen (secondary N) is 1. The normalized spacial score (nSPS) is 12.8. The number of alkyl halides is 2. The largest absolute Gasteiger partial charge is 0.506 e. The van der Waals surface area contributed by atoms with E-state index in [1.807, 2.05) is 0 Å². The molecule has 1 aromatic heterocycles. The third kappa shape index (κ3) is 6.83. The molecule has 33 heavy (non-hydrogen) atoms. The van der Waals surface area contributed by atoms with E-state index in [0.29, 0.717) is 23.9 Å². The number of halogens is 2. The molecule has 6 nitrogen and oxygen atoms in total. The summed E-state index contributed by atoms with van der Waals surface area (Å²) < 4.78 is 34.4. The SMILES string of the molecule is O=c1ccc2cccc(O)c2n1[C@H](O)CNCCCCCCOCC(F)(F)c1ccccc1. The first-order valence-electron chi connectivity index (χ1n) is 11.1. The molecule has 0 unspecified atom stereocenters. The lowest BCUT2D eigenvalue weighted by Crippen LogP contribution is -2.32. The number of hydrogen-bond donors (Lipinski definition) is 3. The maximum atomic E-state index is 14.0. The highest BCUT2D eigenvalue weighted by Gasteiger charge is 2.31. The molecule has 0 aliphatic rings. The van der Waals surface area contributed by atoms with Gasteiger partial charge in [0.2, 0.25) is 0 Å². The van der Waals surface area contributed by atoms with Gasteiger partial charge >= 0.3 is 0 Å². The molecule has 0 saturated carbocycles. The van der Waals surface area contributed by atoms with Gasteiger partial charge in [-0.15, -0.1) is 0 Å². The molecule has 0 amide bonds. The van der Waals surface area contributed by atoms with Gasteiger partial charge in [0.15, 0.2) is 0 Å². The number of nitrogens with zero attached hydrogens (tertiary/aromatic N) is 1. The number of phenols is 1. The van der Waals surface area contributed by atoms with Gasteiger partial charge in [-0.05, 0) is 31.5 Å². The summed E-state index contributed by atoms with van der Waals surface area (Å²) in [6.07, 6.45) is 2.14. The van der Waals surface area contributed by atoms with Crippen molar-refractivity contribution in [3.8, 4) is 5.75 Å². The summed E-state index contributed by atoms with van der Waals surface area (Å²) in [5.41, 5.74) is -0.132. The standard InChI is InChI=1S/C25H30F2N2O4/c26-25(27,20-10-4-3-5-11-20)18-33-16-7-2-1-6-15-28-17-23(32)29-22(31)14-13-19-9-8-12-21(30)24(19)29/h3-5,8-14,23,28,30,32H,1-2,6-7,15-18H2/t23-/m1/s1. The van der Waals surface area contributed by atoms with Gasteiger partial charge in [-0.3, -0.25) is 9.36 Å². The number of phenolic OH excluding ortho intramolecular Hbond substituents is 1. The minimum absolute atomic E-state index is 0.0424. The van der Waals surface area contributed by atoms with Crippen molar-refractivity contribution in [1.29, 1.82) is 0 Å². The van der Waals surface area contributed by atoms with E-state index in [1.165, 1.54) is 28.8 Å². The second-order valence-electron chi connectivity index (χ2n) is 7.98. The third-order valence-corrected chi connectivity index (χ3v) is 5.43. The molecule has 0 fully saturated rings. The Morgan fingerprint density at radius 1 is 0.970 bits per heavy atom. The van der Waals surface area contributed by atoms with Crippen molar-refractivity contribution in [3.63, 3.8) is 0 Å². The molecule has 1 atom stereocenters. The van der Waals surface area contributed by atoms with Crippen LogP contribution in [0.15, 0.2) is 65.5 Å². The second-order valence-corrected chi connectivity index (χ2v) is 7.98. The van der Waals surface area contributed by atoms with Crippen molar-refractivity contribution in [2.75, 3.05) is 26.3 Å². The number of hydrogen-bond acceptors (Lipinski definition) is 5. The van der Waals surface area contributed by atoms with Crippen molar-refractivity contribution in [2.24, 2.45) is 0 Å². The number of aromatic hydroxyl groups is 1. The van der Waals surface area contributed by atoms with Crippen LogP contribution in [-0.4, -0.2) is 41.1 Å². The predicted octanol–water partition coefficient (Wildman–Crippen LogP) is 4.16. The van der Waals surface area contributed by atoms with E-state index < -0.39 is 24.3 Å². The van der Waals surface area contributed by atoms with Crippen LogP contribution in [0.4, 0.5) is 8.78 Å². The minimum atomic E-state index is -2.99. The van der Waals surface area contributed by atoms with Gasteiger partial charge < -0.3 is 20.3 Å². The lowest BCUT2D eigenvalue weighted by molar-refractivity contribution is -0.0831. The highest BCUT2D eigenvalue weighted by Crippen LogP contribution is 2.28. The monoisotopic (exact) mass is 460 g/mol. The Hall–Kier alpha value is -2.81. The van der Waals surface area contributed by atoms with E-state index in [1.54, 1.807) is 36.4 Å². The van der Waals surface area contributed by atoms with Crippen molar-refractivity contribution in [2.45, 2.75) is 37.8 Å². The molecule has 3 rings (SSSR count). The van der Waals surface area contributed by atoms with Crippen LogP contribution < -0.4 is 10.9 Å². The zero-order valence-corrected chi connectivity index (χ0v) is 18.4. The van der Waals surface area contributed by atoms with Gasteiger partial charge in [-0.25, -0.2) is 0 Å². The van der Waals surface area contributed by atoms with Gasteiger partial charge in [0, 0.05) is 30.2 Å². The topological polar surface area (TPSA) is 83.7 Å². The van der Waals surface area contributed by atoms with E-state index in [2.05, 4.69) is 5.32 Å². The van der Waals surface area contributed by atoms with Gasteiger partial charge in [0.1, 0.15) is 18.6 Å². The summed E-state index contributed by atoms with van der Waals surface area (Å²) in [6.45, 7) is 0.447. The fraction of sp³-hybridized carbons (Fsp3) is 0.400. The number of ether oxygens (including phenoxy) is 1. The summed E-state index contributed by atoms with van der Waals surface area (Å²) in [5, 5.41) is 24.4. The first-order chi connectivity index (χ1) is 15.9. The van der Waals surface area contributed by atoms with Crippen LogP contribution in [0.1, 0.15) is 37.5 Å². The number of para-hydroxylation sites is 1. The Balaban J connectivity index is 1.31. The number of fused-ring (bicyclic) bond motifs is 1. The smallest absolute Gasteiger partial charge is 0.296 e. The molecule has 0 saturated heterocycles. The third-order valence-electron chi connectivity index (χ3n) is 5.43. The number of aliphatic hydroxyl groups is 1. The average molecular weight is 461 g/mol. The number of pyridine rings is 1. The summed E-state index contributed by atoms with van der Waals surface area (Å²) in [5.74, 6) is -3.05. The van der Waals surface area contributed by atoms with Crippen molar-refractivity contribution >= 4 is 10.9 Å². The molecule has 0 bridgehead atoms. The molecule has 3 aromatic rings. The zero-order valence-electron chi connectivity index (χ0n) is 18.4. The van der Waals surface area contributed by atoms with Crippen LogP contribution >= 0.6 is 0 Å². The Morgan fingerprint density at radius 2 is 1.73 bits per heavy atom. The number of aliphatic hydroxyl groups excluding tert-OH is 1. The summed E-state index contributed by atoms with van der Waals surface area (Å²) >= 11 is 0. The molecule has 0 aliphatic heterocycles. The van der Waals surface area contributed by atoms with Crippen LogP contribution in [0.2, 0.25) is 0 Å². The van der Waals surface area contributed by atoms with Crippen molar-refractivity contribution < 1.29 is 23.7 Å². The molecular formula is C25H30F2N2O4. The van der Waals surface area contributed by atoms with Crippen LogP contribution in [0.5, 0.6) is 5.75 Å². The second kappa shape index (κ2) is 11.9. The number of benzene rings is 2. The Morgan fingerprint density at radius 3 is 2.52 bits per heavy atom. The molecule has 2 aromatic carbocycles. The summed E-state index contributed by atoms with van der Waals surface area (Å²) in [7, 11) is 0. The molecule has 0 aliphatic carbocycles. The quantitative estimate of drug-likeness (QED) is 0.334. The van der Waals surface area contributed by atoms with Gasteiger partial charge in [0.05, 0.1) is 5.52 Å². The molecule has 8 heteroatoms. The number of rotatable bonds is 13. The molecule has 0 spiro atoms. The molecule has 1 heterocycles. The summed E-state index contributed by atoms with van der Waals surface area (Å²) in [4.78, 5) is 12.2. The van der Waals surface area contributed by atoms with E-state index in [9.17, 15) is 23.8 Å². The Labute approximate surface area is 191 Å². The van der Waals surface area contributed by atoms with E-state index in [4.69, 9.17) is 4.74 Å². The average Bonchev–Trinajstić information content (AvgIpc) is 2.81. The Kier molecular flexibility index (Phi) is 8.94. The van der Waals surface area contributed by atoms with Gasteiger partial charge in [-0.1, -0.05) is 55.3 Å². The van der Waals surface area contributed by atoms with Crippen LogP contribution in [0.25, 0.3) is 10.9 Å². The van der Waals surface area contributed by atoms with Crippen LogP contribution in [-0.2, 0) is 10.7 Å². The maximum absolute atomic E-state index is 14.0. The van der Waals surface area contributed by atoms with Gasteiger partial charge in [0.25, 0.3) is 11.5 Å². The molecule has 178 valence electrons. The first kappa shape index (κ1) is 24.8. The van der Waals surface area contributed by atoms with E-state index in [0.717, 1.165) is 19.3 Å². The molecular weight excluding hydrogens is 430 g/mol. The van der Waals surface area contributed by atoms with Gasteiger partial charge in [-0.2, -0.15) is 8.78 Å². The zero-order chi connectivity index (χ0) is 23.7. The highest BCUT2D eigenvalue weighted by atomic mass is 19.3. The fourth-order valence-corrected chi connectivity index (χ4v) is 3.69. The predicted molar refractivity (Wildman–Crippen MR) is 124 cm³/mol. The molecule has 0 radical (unpaired) electrons. The Bertz CT molecular complexity index is 1070. The van der Waals surface area contributed by atoms with Crippen molar-refractivity contribution in [1.82, 2.24) is 9.88 Å².